The van der Waals surface area contributed by atoms with Crippen LogP contribution in [-0.4, -0.2) is 4.98 Å². The summed E-state index contributed by atoms with van der Waals surface area (Å²) in [5.74, 6) is 1.35. The Morgan fingerprint density at radius 2 is 1.67 bits per heavy atom. The summed E-state index contributed by atoms with van der Waals surface area (Å²) in [4.78, 5) is 3.94. The van der Waals surface area contributed by atoms with Crippen LogP contribution >= 0.6 is 0 Å². The first-order chi connectivity index (χ1) is 10.4. The van der Waals surface area contributed by atoms with Gasteiger partial charge in [-0.3, -0.25) is 0 Å². The van der Waals surface area contributed by atoms with Crippen LogP contribution in [0.25, 0.3) is 11.1 Å². The summed E-state index contributed by atoms with van der Waals surface area (Å²) in [5.41, 5.74) is 2.43. The Bertz CT molecular complexity index is 792. The Morgan fingerprint density at radius 1 is 0.905 bits per heavy atom. The molecule has 0 unspecified atom stereocenters. The molecular formula is C18H12N2O. The van der Waals surface area contributed by atoms with E-state index in [1.165, 1.54) is 0 Å². The quantitative estimate of drug-likeness (QED) is 0.709. The molecule has 0 fully saturated rings. The second-order valence-corrected chi connectivity index (χ2v) is 4.45. The highest BCUT2D eigenvalue weighted by Gasteiger charge is 2.07. The summed E-state index contributed by atoms with van der Waals surface area (Å²) in [6, 6.07) is 23.2. The molecule has 0 radical (unpaired) electrons. The number of para-hydroxylation sites is 1. The van der Waals surface area contributed by atoms with Gasteiger partial charge in [0.05, 0.1) is 0 Å². The van der Waals surface area contributed by atoms with Crippen molar-refractivity contribution < 1.29 is 4.74 Å². The maximum Gasteiger partial charge on any atom is 0.144 e. The zero-order valence-corrected chi connectivity index (χ0v) is 11.2. The molecule has 100 valence electrons. The van der Waals surface area contributed by atoms with Gasteiger partial charge >= 0.3 is 0 Å². The van der Waals surface area contributed by atoms with Gasteiger partial charge in [0.25, 0.3) is 0 Å². The predicted octanol–water partition coefficient (Wildman–Crippen LogP) is 4.41. The van der Waals surface area contributed by atoms with Crippen molar-refractivity contribution in [2.45, 2.75) is 0 Å². The molecule has 3 rings (SSSR count). The summed E-state index contributed by atoms with van der Waals surface area (Å²) in [5, 5.41) is 8.89. The maximum atomic E-state index is 8.89. The summed E-state index contributed by atoms with van der Waals surface area (Å²) in [6.07, 6.45) is 1.57. The van der Waals surface area contributed by atoms with E-state index in [0.29, 0.717) is 11.4 Å². The minimum Gasteiger partial charge on any atom is -0.457 e. The average Bonchev–Trinajstić information content (AvgIpc) is 2.56. The van der Waals surface area contributed by atoms with Gasteiger partial charge in [-0.25, -0.2) is 4.98 Å². The van der Waals surface area contributed by atoms with Gasteiger partial charge in [-0.05, 0) is 17.7 Å². The third-order valence-corrected chi connectivity index (χ3v) is 3.05. The Balaban J connectivity index is 1.98. The van der Waals surface area contributed by atoms with Gasteiger partial charge in [0.1, 0.15) is 23.3 Å². The van der Waals surface area contributed by atoms with Gasteiger partial charge in [-0.2, -0.15) is 5.26 Å². The zero-order valence-electron chi connectivity index (χ0n) is 11.2. The number of aromatic nitrogens is 1. The molecule has 1 aromatic heterocycles. The third-order valence-electron chi connectivity index (χ3n) is 3.05. The zero-order chi connectivity index (χ0) is 14.5. The molecule has 0 aliphatic carbocycles. The minimum absolute atomic E-state index is 0.338. The standard InChI is InChI=1S/C18H12N2O/c19-13-15-12-16(10-11-20-15)21-18-9-5-4-8-17(18)14-6-2-1-3-7-14/h1-12H. The van der Waals surface area contributed by atoms with E-state index in [1.807, 2.05) is 60.7 Å². The van der Waals surface area contributed by atoms with Crippen LogP contribution in [-0.2, 0) is 0 Å². The van der Waals surface area contributed by atoms with E-state index in [1.54, 1.807) is 18.3 Å². The molecule has 0 atom stereocenters. The average molecular weight is 272 g/mol. The van der Waals surface area contributed by atoms with Crippen molar-refractivity contribution in [2.75, 3.05) is 0 Å². The summed E-state index contributed by atoms with van der Waals surface area (Å²) < 4.78 is 5.92. The van der Waals surface area contributed by atoms with Crippen molar-refractivity contribution in [3.05, 3.63) is 78.6 Å². The largest absolute Gasteiger partial charge is 0.457 e. The first-order valence-corrected chi connectivity index (χ1v) is 6.55. The molecular weight excluding hydrogens is 260 g/mol. The third kappa shape index (κ3) is 2.90. The Labute approximate surface area is 123 Å². The molecule has 0 aliphatic heterocycles. The fourth-order valence-electron chi connectivity index (χ4n) is 2.07. The molecule has 2 aromatic carbocycles. The monoisotopic (exact) mass is 272 g/mol. The number of pyridine rings is 1. The van der Waals surface area contributed by atoms with Crippen molar-refractivity contribution in [2.24, 2.45) is 0 Å². The maximum absolute atomic E-state index is 8.89. The fourth-order valence-corrected chi connectivity index (χ4v) is 2.07. The van der Waals surface area contributed by atoms with Crippen molar-refractivity contribution in [3.8, 4) is 28.7 Å². The second-order valence-electron chi connectivity index (χ2n) is 4.45. The lowest BCUT2D eigenvalue weighted by molar-refractivity contribution is 0.483. The fraction of sp³-hybridized carbons (Fsp3) is 0. The van der Waals surface area contributed by atoms with E-state index >= 15 is 0 Å². The van der Waals surface area contributed by atoms with Crippen LogP contribution in [0.1, 0.15) is 5.69 Å². The van der Waals surface area contributed by atoms with Gasteiger partial charge < -0.3 is 4.74 Å². The number of hydrogen-bond acceptors (Lipinski definition) is 3. The van der Waals surface area contributed by atoms with Crippen LogP contribution in [0, 0.1) is 11.3 Å². The highest BCUT2D eigenvalue weighted by atomic mass is 16.5. The Hall–Kier alpha value is -3.12. The van der Waals surface area contributed by atoms with Gasteiger partial charge in [-0.1, -0.05) is 48.5 Å². The summed E-state index contributed by atoms with van der Waals surface area (Å²) in [7, 11) is 0. The van der Waals surface area contributed by atoms with Crippen LogP contribution in [0.2, 0.25) is 0 Å². The molecule has 0 spiro atoms. The lowest BCUT2D eigenvalue weighted by Crippen LogP contribution is -1.90. The number of rotatable bonds is 3. The van der Waals surface area contributed by atoms with Crippen molar-refractivity contribution >= 4 is 0 Å². The Kier molecular flexibility index (Phi) is 3.62. The number of nitrogens with zero attached hydrogens (tertiary/aromatic N) is 2. The van der Waals surface area contributed by atoms with E-state index in [-0.39, 0.29) is 0 Å². The SMILES string of the molecule is N#Cc1cc(Oc2ccccc2-c2ccccc2)ccn1. The van der Waals surface area contributed by atoms with E-state index in [4.69, 9.17) is 10.00 Å². The Morgan fingerprint density at radius 3 is 2.48 bits per heavy atom. The van der Waals surface area contributed by atoms with Gasteiger partial charge in [-0.15, -0.1) is 0 Å². The molecule has 3 aromatic rings. The smallest absolute Gasteiger partial charge is 0.144 e. The number of benzene rings is 2. The van der Waals surface area contributed by atoms with Crippen molar-refractivity contribution in [1.82, 2.24) is 4.98 Å². The number of ether oxygens (including phenoxy) is 1. The highest BCUT2D eigenvalue weighted by Crippen LogP contribution is 2.32. The second kappa shape index (κ2) is 5.89. The molecule has 0 saturated carbocycles. The van der Waals surface area contributed by atoms with E-state index in [2.05, 4.69) is 4.98 Å². The van der Waals surface area contributed by atoms with Gasteiger partial charge in [0.15, 0.2) is 0 Å². The molecule has 3 heteroatoms. The van der Waals surface area contributed by atoms with E-state index in [9.17, 15) is 0 Å². The topological polar surface area (TPSA) is 45.9 Å². The van der Waals surface area contributed by atoms with Crippen LogP contribution in [0.15, 0.2) is 72.9 Å². The van der Waals surface area contributed by atoms with Gasteiger partial charge in [0, 0.05) is 17.8 Å². The first-order valence-electron chi connectivity index (χ1n) is 6.55. The number of nitriles is 1. The molecule has 0 N–H and O–H groups in total. The van der Waals surface area contributed by atoms with Crippen LogP contribution < -0.4 is 4.74 Å². The molecule has 0 aliphatic rings. The van der Waals surface area contributed by atoms with Crippen molar-refractivity contribution in [3.63, 3.8) is 0 Å². The van der Waals surface area contributed by atoms with Gasteiger partial charge in [0.2, 0.25) is 0 Å². The summed E-state index contributed by atoms with van der Waals surface area (Å²) in [6.45, 7) is 0. The molecule has 0 amide bonds. The minimum atomic E-state index is 0.338. The lowest BCUT2D eigenvalue weighted by Gasteiger charge is -2.11. The lowest BCUT2D eigenvalue weighted by atomic mass is 10.1. The van der Waals surface area contributed by atoms with E-state index < -0.39 is 0 Å². The predicted molar refractivity (Wildman–Crippen MR) is 80.9 cm³/mol. The molecule has 3 nitrogen and oxygen atoms in total. The van der Waals surface area contributed by atoms with Crippen LogP contribution in [0.5, 0.6) is 11.5 Å². The summed E-state index contributed by atoms with van der Waals surface area (Å²) >= 11 is 0. The van der Waals surface area contributed by atoms with Crippen LogP contribution in [0.3, 0.4) is 0 Å². The normalized spacial score (nSPS) is 9.86. The molecule has 0 saturated heterocycles. The molecule has 0 bridgehead atoms. The number of hydrogen-bond donors (Lipinski definition) is 0. The van der Waals surface area contributed by atoms with E-state index in [0.717, 1.165) is 16.9 Å². The highest BCUT2D eigenvalue weighted by molar-refractivity contribution is 5.70. The van der Waals surface area contributed by atoms with Crippen LogP contribution in [0.4, 0.5) is 0 Å². The first kappa shape index (κ1) is 12.9. The molecule has 21 heavy (non-hydrogen) atoms. The van der Waals surface area contributed by atoms with Crippen molar-refractivity contribution in [1.29, 1.82) is 5.26 Å². The molecule has 1 heterocycles.